The van der Waals surface area contributed by atoms with Crippen molar-refractivity contribution in [3.63, 3.8) is 0 Å². The largest absolute Gasteiger partial charge is 0.379 e. The van der Waals surface area contributed by atoms with Gasteiger partial charge in [0.25, 0.3) is 5.69 Å². The molecule has 5 nitrogen and oxygen atoms in total. The lowest BCUT2D eigenvalue weighted by Gasteiger charge is -2.33. The second kappa shape index (κ2) is 7.36. The minimum atomic E-state index is -0.492. The Morgan fingerprint density at radius 3 is 3.00 bits per heavy atom. The molecule has 1 aliphatic rings. The molecule has 0 spiro atoms. The van der Waals surface area contributed by atoms with Gasteiger partial charge in [-0.05, 0) is 38.8 Å². The molecule has 1 heterocycles. The average molecular weight is 295 g/mol. The molecule has 6 heteroatoms. The Balaban J connectivity index is 1.83. The number of anilines is 1. The zero-order chi connectivity index (χ0) is 15.2. The molecule has 0 amide bonds. The van der Waals surface area contributed by atoms with Crippen LogP contribution in [0.2, 0.25) is 0 Å². The molecule has 0 saturated carbocycles. The summed E-state index contributed by atoms with van der Waals surface area (Å²) in [7, 11) is 0. The topological polar surface area (TPSA) is 58.4 Å². The van der Waals surface area contributed by atoms with E-state index >= 15 is 0 Å². The quantitative estimate of drug-likeness (QED) is 0.496. The molecule has 1 atom stereocenters. The van der Waals surface area contributed by atoms with Crippen LogP contribution in [0.5, 0.6) is 0 Å². The molecule has 1 fully saturated rings. The Labute approximate surface area is 124 Å². The molecule has 0 radical (unpaired) electrons. The van der Waals surface area contributed by atoms with Crippen molar-refractivity contribution in [3.05, 3.63) is 34.1 Å². The highest BCUT2D eigenvalue weighted by Crippen LogP contribution is 2.25. The molecule has 1 unspecified atom stereocenters. The van der Waals surface area contributed by atoms with Crippen LogP contribution in [0.15, 0.2) is 18.2 Å². The Bertz CT molecular complexity index is 496. The molecule has 1 N–H and O–H groups in total. The van der Waals surface area contributed by atoms with Crippen LogP contribution < -0.4 is 5.32 Å². The maximum absolute atomic E-state index is 13.2. The predicted molar refractivity (Wildman–Crippen MR) is 81.0 cm³/mol. The third-order valence-electron chi connectivity index (χ3n) is 4.03. The first-order valence-electron chi connectivity index (χ1n) is 7.50. The van der Waals surface area contributed by atoms with Gasteiger partial charge in [-0.15, -0.1) is 0 Å². The monoisotopic (exact) mass is 295 g/mol. The lowest BCUT2D eigenvalue weighted by atomic mass is 10.0. The summed E-state index contributed by atoms with van der Waals surface area (Å²) in [4.78, 5) is 12.8. The normalized spacial score (nSPS) is 19.4. The van der Waals surface area contributed by atoms with Crippen LogP contribution in [0.4, 0.5) is 15.8 Å². The summed E-state index contributed by atoms with van der Waals surface area (Å²) >= 11 is 0. The van der Waals surface area contributed by atoms with Crippen LogP contribution in [-0.2, 0) is 0 Å². The van der Waals surface area contributed by atoms with E-state index in [2.05, 4.69) is 17.1 Å². The number of nitro groups is 1. The number of nitrogens with zero attached hydrogens (tertiary/aromatic N) is 2. The Morgan fingerprint density at radius 1 is 1.48 bits per heavy atom. The summed E-state index contributed by atoms with van der Waals surface area (Å²) in [5, 5.41) is 13.9. The van der Waals surface area contributed by atoms with Gasteiger partial charge in [0.2, 0.25) is 0 Å². The SMILES string of the molecule is CC1CCCCN1CCCNc1cc(F)ccc1[N+](=O)[O-]. The second-order valence-electron chi connectivity index (χ2n) is 5.58. The first-order chi connectivity index (χ1) is 10.1. The number of nitro benzene ring substituents is 1. The van der Waals surface area contributed by atoms with Gasteiger partial charge in [0.05, 0.1) is 4.92 Å². The van der Waals surface area contributed by atoms with E-state index in [1.54, 1.807) is 0 Å². The molecule has 1 aromatic rings. The van der Waals surface area contributed by atoms with Gasteiger partial charge in [0.1, 0.15) is 11.5 Å². The standard InChI is InChI=1S/C15H22FN3O2/c1-12-5-2-3-9-18(12)10-4-8-17-14-11-13(16)6-7-15(14)19(20)21/h6-7,11-12,17H,2-5,8-10H2,1H3. The molecule has 0 bridgehead atoms. The van der Waals surface area contributed by atoms with E-state index in [1.165, 1.54) is 31.4 Å². The Morgan fingerprint density at radius 2 is 2.29 bits per heavy atom. The van der Waals surface area contributed by atoms with E-state index < -0.39 is 10.7 Å². The van der Waals surface area contributed by atoms with E-state index in [4.69, 9.17) is 0 Å². The van der Waals surface area contributed by atoms with Crippen molar-refractivity contribution >= 4 is 11.4 Å². The Hall–Kier alpha value is -1.69. The lowest BCUT2D eigenvalue weighted by molar-refractivity contribution is -0.384. The van der Waals surface area contributed by atoms with Gasteiger partial charge in [0, 0.05) is 31.3 Å². The molecular formula is C15H22FN3O2. The fourth-order valence-corrected chi connectivity index (χ4v) is 2.80. The summed E-state index contributed by atoms with van der Waals surface area (Å²) < 4.78 is 13.2. The van der Waals surface area contributed by atoms with Crippen LogP contribution in [0.1, 0.15) is 32.6 Å². The van der Waals surface area contributed by atoms with Crippen molar-refractivity contribution in [1.29, 1.82) is 0 Å². The van der Waals surface area contributed by atoms with Gasteiger partial charge >= 0.3 is 0 Å². The zero-order valence-corrected chi connectivity index (χ0v) is 12.3. The summed E-state index contributed by atoms with van der Waals surface area (Å²) in [6.07, 6.45) is 4.67. The van der Waals surface area contributed by atoms with Gasteiger partial charge in [-0.3, -0.25) is 10.1 Å². The van der Waals surface area contributed by atoms with Crippen molar-refractivity contribution in [2.45, 2.75) is 38.6 Å². The number of rotatable bonds is 6. The maximum atomic E-state index is 13.2. The number of halogens is 1. The van der Waals surface area contributed by atoms with Crippen molar-refractivity contribution in [3.8, 4) is 0 Å². The van der Waals surface area contributed by atoms with E-state index in [0.717, 1.165) is 25.6 Å². The zero-order valence-electron chi connectivity index (χ0n) is 12.3. The fraction of sp³-hybridized carbons (Fsp3) is 0.600. The van der Waals surface area contributed by atoms with E-state index in [9.17, 15) is 14.5 Å². The number of hydrogen-bond donors (Lipinski definition) is 1. The third-order valence-corrected chi connectivity index (χ3v) is 4.03. The van der Waals surface area contributed by atoms with Crippen LogP contribution >= 0.6 is 0 Å². The lowest BCUT2D eigenvalue weighted by Crippen LogP contribution is -2.38. The first kappa shape index (κ1) is 15.7. The fourth-order valence-electron chi connectivity index (χ4n) is 2.80. The number of nitrogens with one attached hydrogen (secondary N) is 1. The highest BCUT2D eigenvalue weighted by atomic mass is 19.1. The van der Waals surface area contributed by atoms with Crippen molar-refractivity contribution in [2.24, 2.45) is 0 Å². The minimum Gasteiger partial charge on any atom is -0.379 e. The number of hydrogen-bond acceptors (Lipinski definition) is 4. The van der Waals surface area contributed by atoms with Crippen LogP contribution in [0.25, 0.3) is 0 Å². The molecule has 1 aliphatic heterocycles. The summed E-state index contributed by atoms with van der Waals surface area (Å²) in [6, 6.07) is 4.10. The van der Waals surface area contributed by atoms with Crippen LogP contribution in [-0.4, -0.2) is 35.5 Å². The molecular weight excluding hydrogens is 273 g/mol. The van der Waals surface area contributed by atoms with Gasteiger partial charge < -0.3 is 10.2 Å². The number of likely N-dealkylation sites (tertiary alicyclic amines) is 1. The molecule has 0 aliphatic carbocycles. The minimum absolute atomic E-state index is 0.0808. The third kappa shape index (κ3) is 4.39. The summed E-state index contributed by atoms with van der Waals surface area (Å²) in [5.41, 5.74) is 0.175. The first-order valence-corrected chi connectivity index (χ1v) is 7.50. The Kier molecular flexibility index (Phi) is 5.50. The highest BCUT2D eigenvalue weighted by molar-refractivity contribution is 5.61. The summed E-state index contributed by atoms with van der Waals surface area (Å²) in [6.45, 7) is 4.94. The van der Waals surface area contributed by atoms with Crippen molar-refractivity contribution < 1.29 is 9.31 Å². The van der Waals surface area contributed by atoms with Gasteiger partial charge in [-0.2, -0.15) is 0 Å². The average Bonchev–Trinajstić information content (AvgIpc) is 2.45. The van der Waals surface area contributed by atoms with Crippen LogP contribution in [0.3, 0.4) is 0 Å². The molecule has 1 aromatic carbocycles. The van der Waals surface area contributed by atoms with E-state index in [0.29, 0.717) is 12.6 Å². The van der Waals surface area contributed by atoms with Crippen molar-refractivity contribution in [1.82, 2.24) is 4.90 Å². The van der Waals surface area contributed by atoms with E-state index in [1.807, 2.05) is 0 Å². The number of benzene rings is 1. The molecule has 116 valence electrons. The highest BCUT2D eigenvalue weighted by Gasteiger charge is 2.18. The molecule has 1 saturated heterocycles. The predicted octanol–water partition coefficient (Wildman–Crippen LogP) is 3.41. The van der Waals surface area contributed by atoms with Gasteiger partial charge in [-0.1, -0.05) is 6.42 Å². The van der Waals surface area contributed by atoms with E-state index in [-0.39, 0.29) is 11.4 Å². The maximum Gasteiger partial charge on any atom is 0.292 e. The van der Waals surface area contributed by atoms with Gasteiger partial charge in [-0.25, -0.2) is 4.39 Å². The molecule has 21 heavy (non-hydrogen) atoms. The van der Waals surface area contributed by atoms with Gasteiger partial charge in [0.15, 0.2) is 0 Å². The summed E-state index contributed by atoms with van der Waals surface area (Å²) in [5.74, 6) is -0.465. The van der Waals surface area contributed by atoms with Crippen molar-refractivity contribution in [2.75, 3.05) is 25.0 Å². The molecule has 2 rings (SSSR count). The molecule has 0 aromatic heterocycles. The van der Waals surface area contributed by atoms with Crippen LogP contribution in [0, 0.1) is 15.9 Å². The number of piperidine rings is 1. The smallest absolute Gasteiger partial charge is 0.292 e. The second-order valence-corrected chi connectivity index (χ2v) is 5.58.